The minimum absolute atomic E-state index is 0.0949. The Kier molecular flexibility index (Phi) is 5.91. The Morgan fingerprint density at radius 1 is 1.23 bits per heavy atom. The first-order valence-corrected chi connectivity index (χ1v) is 9.32. The van der Waals surface area contributed by atoms with E-state index in [9.17, 15) is 4.79 Å². The molecule has 0 radical (unpaired) electrons. The standard InChI is InChI=1S/C20H27N3O3/c1-13-18(15(3)26-23-13)10-11-20(24)22-16-6-8-17(9-7-16)25-19-5-4-12-21-14(19)2/h4-5,12,16-17H,6-11H2,1-3H3,(H,22,24). The quantitative estimate of drug-likeness (QED) is 0.857. The number of carbonyl (C=O) groups excluding carboxylic acids is 1. The van der Waals surface area contributed by atoms with Crippen molar-refractivity contribution in [3.05, 3.63) is 41.0 Å². The number of nitrogens with zero attached hydrogens (tertiary/aromatic N) is 2. The van der Waals surface area contributed by atoms with Crippen LogP contribution in [0.5, 0.6) is 5.75 Å². The Hall–Kier alpha value is -2.37. The van der Waals surface area contributed by atoms with E-state index in [1.165, 1.54) is 0 Å². The maximum atomic E-state index is 12.2. The van der Waals surface area contributed by atoms with Gasteiger partial charge in [-0.15, -0.1) is 0 Å². The Morgan fingerprint density at radius 3 is 2.65 bits per heavy atom. The molecule has 0 unspecified atom stereocenters. The second-order valence-electron chi connectivity index (χ2n) is 7.05. The van der Waals surface area contributed by atoms with E-state index in [-0.39, 0.29) is 18.1 Å². The molecule has 3 rings (SSSR count). The van der Waals surface area contributed by atoms with Gasteiger partial charge in [0.15, 0.2) is 0 Å². The molecule has 1 aliphatic carbocycles. The van der Waals surface area contributed by atoms with Crippen molar-refractivity contribution in [1.29, 1.82) is 0 Å². The molecule has 1 fully saturated rings. The largest absolute Gasteiger partial charge is 0.489 e. The zero-order chi connectivity index (χ0) is 18.5. The molecule has 6 heteroatoms. The molecule has 0 spiro atoms. The summed E-state index contributed by atoms with van der Waals surface area (Å²) in [6.07, 6.45) is 6.90. The number of hydrogen-bond donors (Lipinski definition) is 1. The summed E-state index contributed by atoms with van der Waals surface area (Å²) in [6.45, 7) is 5.76. The van der Waals surface area contributed by atoms with Gasteiger partial charge in [-0.3, -0.25) is 9.78 Å². The van der Waals surface area contributed by atoms with Crippen LogP contribution in [0, 0.1) is 20.8 Å². The van der Waals surface area contributed by atoms with E-state index in [1.807, 2.05) is 32.9 Å². The average molecular weight is 357 g/mol. The van der Waals surface area contributed by atoms with Gasteiger partial charge in [0.1, 0.15) is 11.5 Å². The molecule has 2 aromatic rings. The molecule has 0 bridgehead atoms. The highest BCUT2D eigenvalue weighted by Crippen LogP contribution is 2.25. The molecule has 6 nitrogen and oxygen atoms in total. The van der Waals surface area contributed by atoms with Crippen LogP contribution in [0.15, 0.2) is 22.9 Å². The van der Waals surface area contributed by atoms with Crippen LogP contribution < -0.4 is 10.1 Å². The van der Waals surface area contributed by atoms with Crippen LogP contribution in [0.2, 0.25) is 0 Å². The van der Waals surface area contributed by atoms with Crippen LogP contribution in [-0.4, -0.2) is 28.2 Å². The fraction of sp³-hybridized carbons (Fsp3) is 0.550. The third-order valence-electron chi connectivity index (χ3n) is 5.07. The Morgan fingerprint density at radius 2 is 2.00 bits per heavy atom. The molecule has 26 heavy (non-hydrogen) atoms. The van der Waals surface area contributed by atoms with Gasteiger partial charge in [0.25, 0.3) is 0 Å². The van der Waals surface area contributed by atoms with Crippen molar-refractivity contribution in [2.24, 2.45) is 0 Å². The zero-order valence-electron chi connectivity index (χ0n) is 15.7. The fourth-order valence-corrected chi connectivity index (χ4v) is 3.50. The van der Waals surface area contributed by atoms with Crippen LogP contribution in [0.1, 0.15) is 54.8 Å². The Labute approximate surface area is 154 Å². The number of amides is 1. The molecule has 0 atom stereocenters. The van der Waals surface area contributed by atoms with Gasteiger partial charge in [-0.2, -0.15) is 0 Å². The first-order valence-electron chi connectivity index (χ1n) is 9.32. The van der Waals surface area contributed by atoms with Gasteiger partial charge in [0.2, 0.25) is 5.91 Å². The summed E-state index contributed by atoms with van der Waals surface area (Å²) in [5.41, 5.74) is 2.84. The van der Waals surface area contributed by atoms with E-state index in [1.54, 1.807) is 6.20 Å². The van der Waals surface area contributed by atoms with Crippen LogP contribution in [-0.2, 0) is 11.2 Å². The smallest absolute Gasteiger partial charge is 0.220 e. The van der Waals surface area contributed by atoms with Crippen molar-refractivity contribution < 1.29 is 14.1 Å². The zero-order valence-corrected chi connectivity index (χ0v) is 15.7. The van der Waals surface area contributed by atoms with Gasteiger partial charge in [-0.05, 0) is 65.0 Å². The molecular formula is C20H27N3O3. The van der Waals surface area contributed by atoms with E-state index in [0.717, 1.165) is 54.1 Å². The van der Waals surface area contributed by atoms with Crippen molar-refractivity contribution in [3.63, 3.8) is 0 Å². The molecule has 1 saturated carbocycles. The number of pyridine rings is 1. The fourth-order valence-electron chi connectivity index (χ4n) is 3.50. The summed E-state index contributed by atoms with van der Waals surface area (Å²) >= 11 is 0. The lowest BCUT2D eigenvalue weighted by Gasteiger charge is -2.29. The maximum absolute atomic E-state index is 12.2. The number of ether oxygens (including phenoxy) is 1. The average Bonchev–Trinajstić information content (AvgIpc) is 2.95. The van der Waals surface area contributed by atoms with Crippen LogP contribution in [0.3, 0.4) is 0 Å². The third-order valence-corrected chi connectivity index (χ3v) is 5.07. The monoisotopic (exact) mass is 357 g/mol. The second-order valence-corrected chi connectivity index (χ2v) is 7.05. The highest BCUT2D eigenvalue weighted by atomic mass is 16.5. The minimum Gasteiger partial charge on any atom is -0.489 e. The van der Waals surface area contributed by atoms with E-state index < -0.39 is 0 Å². The predicted octanol–water partition coefficient (Wildman–Crippen LogP) is 3.43. The van der Waals surface area contributed by atoms with Crippen molar-refractivity contribution in [3.8, 4) is 5.75 Å². The molecule has 0 saturated heterocycles. The summed E-state index contributed by atoms with van der Waals surface area (Å²) in [5, 5.41) is 7.09. The predicted molar refractivity (Wildman–Crippen MR) is 98.1 cm³/mol. The van der Waals surface area contributed by atoms with Gasteiger partial charge >= 0.3 is 0 Å². The lowest BCUT2D eigenvalue weighted by molar-refractivity contribution is -0.122. The summed E-state index contributed by atoms with van der Waals surface area (Å²) in [6, 6.07) is 4.10. The Bertz CT molecular complexity index is 729. The first-order chi connectivity index (χ1) is 12.5. The molecule has 2 heterocycles. The minimum atomic E-state index is 0.0949. The molecule has 140 valence electrons. The first kappa shape index (κ1) is 18.4. The van der Waals surface area contributed by atoms with Crippen LogP contribution >= 0.6 is 0 Å². The highest BCUT2D eigenvalue weighted by Gasteiger charge is 2.24. The van der Waals surface area contributed by atoms with Crippen molar-refractivity contribution in [1.82, 2.24) is 15.5 Å². The molecule has 2 aromatic heterocycles. The van der Waals surface area contributed by atoms with Crippen molar-refractivity contribution >= 4 is 5.91 Å². The lowest BCUT2D eigenvalue weighted by atomic mass is 9.92. The summed E-state index contributed by atoms with van der Waals surface area (Å²) < 4.78 is 11.2. The van der Waals surface area contributed by atoms with E-state index in [0.29, 0.717) is 12.8 Å². The molecular weight excluding hydrogens is 330 g/mol. The van der Waals surface area contributed by atoms with Gasteiger partial charge in [-0.25, -0.2) is 0 Å². The number of aromatic nitrogens is 2. The molecule has 0 aromatic carbocycles. The van der Waals surface area contributed by atoms with E-state index >= 15 is 0 Å². The number of hydrogen-bond acceptors (Lipinski definition) is 5. The molecule has 1 amide bonds. The van der Waals surface area contributed by atoms with E-state index in [2.05, 4.69) is 15.5 Å². The maximum Gasteiger partial charge on any atom is 0.220 e. The topological polar surface area (TPSA) is 77.2 Å². The molecule has 1 aliphatic rings. The van der Waals surface area contributed by atoms with Crippen molar-refractivity contribution in [2.75, 3.05) is 0 Å². The third kappa shape index (κ3) is 4.62. The number of rotatable bonds is 6. The molecule has 0 aliphatic heterocycles. The summed E-state index contributed by atoms with van der Waals surface area (Å²) in [4.78, 5) is 16.5. The second kappa shape index (κ2) is 8.34. The Balaban J connectivity index is 1.41. The normalized spacial score (nSPS) is 20.0. The van der Waals surface area contributed by atoms with E-state index in [4.69, 9.17) is 9.26 Å². The van der Waals surface area contributed by atoms with Gasteiger partial charge in [-0.1, -0.05) is 5.16 Å². The van der Waals surface area contributed by atoms with Gasteiger partial charge in [0.05, 0.1) is 17.5 Å². The van der Waals surface area contributed by atoms with Gasteiger partial charge in [0, 0.05) is 24.2 Å². The number of aryl methyl sites for hydroxylation is 3. The van der Waals surface area contributed by atoms with Crippen LogP contribution in [0.25, 0.3) is 0 Å². The van der Waals surface area contributed by atoms with Crippen molar-refractivity contribution in [2.45, 2.75) is 71.4 Å². The lowest BCUT2D eigenvalue weighted by Crippen LogP contribution is -2.39. The highest BCUT2D eigenvalue weighted by molar-refractivity contribution is 5.76. The van der Waals surface area contributed by atoms with Gasteiger partial charge < -0.3 is 14.6 Å². The number of nitrogens with one attached hydrogen (secondary N) is 1. The summed E-state index contributed by atoms with van der Waals surface area (Å²) in [5.74, 6) is 1.76. The summed E-state index contributed by atoms with van der Waals surface area (Å²) in [7, 11) is 0. The molecule has 1 N–H and O–H groups in total. The van der Waals surface area contributed by atoms with Crippen LogP contribution in [0.4, 0.5) is 0 Å². The SMILES string of the molecule is Cc1ncccc1OC1CCC(NC(=O)CCc2c(C)noc2C)CC1. The number of carbonyl (C=O) groups is 1.